The second kappa shape index (κ2) is 6.53. The number of aromatic nitrogens is 5. The van der Waals surface area contributed by atoms with E-state index in [0.29, 0.717) is 5.16 Å². The summed E-state index contributed by atoms with van der Waals surface area (Å²) < 4.78 is 2.21. The lowest BCUT2D eigenvalue weighted by Crippen LogP contribution is -2.18. The van der Waals surface area contributed by atoms with Crippen LogP contribution < -0.4 is 5.73 Å². The highest BCUT2D eigenvalue weighted by atomic mass is 32.2. The van der Waals surface area contributed by atoms with Crippen LogP contribution in [0.1, 0.15) is 37.6 Å². The largest absolute Gasteiger partial charge is 0.328 e. The van der Waals surface area contributed by atoms with Crippen LogP contribution in [0.15, 0.2) is 22.7 Å². The maximum Gasteiger partial charge on any atom is 0.199 e. The van der Waals surface area contributed by atoms with Gasteiger partial charge in [-0.3, -0.25) is 0 Å². The first-order valence-electron chi connectivity index (χ1n) is 7.39. The lowest BCUT2D eigenvalue weighted by molar-refractivity contribution is 0.590. The van der Waals surface area contributed by atoms with Crippen molar-refractivity contribution in [1.82, 2.24) is 24.7 Å². The average molecular weight is 304 g/mol. The fourth-order valence-corrected chi connectivity index (χ4v) is 3.25. The van der Waals surface area contributed by atoms with E-state index in [1.54, 1.807) is 0 Å². The van der Waals surface area contributed by atoms with Crippen molar-refractivity contribution in [3.8, 4) is 0 Å². The summed E-state index contributed by atoms with van der Waals surface area (Å²) in [6.07, 6.45) is 9.15. The van der Waals surface area contributed by atoms with Crippen LogP contribution in [0.2, 0.25) is 0 Å². The van der Waals surface area contributed by atoms with Crippen molar-refractivity contribution < 1.29 is 0 Å². The molecule has 1 unspecified atom stereocenters. The number of fused-ring (bicyclic) bond motifs is 1. The van der Waals surface area contributed by atoms with Gasteiger partial charge in [0.1, 0.15) is 5.82 Å². The van der Waals surface area contributed by atoms with Crippen molar-refractivity contribution in [3.63, 3.8) is 0 Å². The molecule has 0 radical (unpaired) electrons. The van der Waals surface area contributed by atoms with Crippen LogP contribution in [0.25, 0.3) is 0 Å². The lowest BCUT2D eigenvalue weighted by atomic mass is 10.1. The molecule has 0 spiro atoms. The maximum atomic E-state index is 5.78. The quantitative estimate of drug-likeness (QED) is 0.868. The van der Waals surface area contributed by atoms with E-state index in [4.69, 9.17) is 5.73 Å². The highest BCUT2D eigenvalue weighted by molar-refractivity contribution is 7.99. The van der Waals surface area contributed by atoms with Gasteiger partial charge in [0.25, 0.3) is 0 Å². The van der Waals surface area contributed by atoms with Crippen LogP contribution in [0, 0.1) is 0 Å². The van der Waals surface area contributed by atoms with E-state index in [9.17, 15) is 0 Å². The van der Waals surface area contributed by atoms with E-state index in [1.807, 2.05) is 19.3 Å². The molecule has 21 heavy (non-hydrogen) atoms. The lowest BCUT2D eigenvalue weighted by Gasteiger charge is -2.06. The molecular weight excluding hydrogens is 284 g/mol. The minimum atomic E-state index is 0.124. The molecule has 0 saturated heterocycles. The molecule has 0 bridgehead atoms. The molecule has 3 heterocycles. The zero-order chi connectivity index (χ0) is 14.7. The molecule has 2 N–H and O–H groups in total. The van der Waals surface area contributed by atoms with Gasteiger partial charge in [0.2, 0.25) is 0 Å². The number of rotatable bonds is 4. The van der Waals surface area contributed by atoms with E-state index in [2.05, 4.69) is 24.7 Å². The Bertz CT molecular complexity index is 592. The molecule has 3 rings (SSSR count). The minimum absolute atomic E-state index is 0.124. The Morgan fingerprint density at radius 2 is 2.05 bits per heavy atom. The standard InChI is InChI=1S/C14H20N6S/c1-10(15)7-11-8-16-13(17-9-11)21-14-19-18-12-5-3-2-4-6-20(12)14/h8-10H,2-7,15H2,1H3. The second-order valence-corrected chi connectivity index (χ2v) is 6.45. The number of nitrogens with zero attached hydrogens (tertiary/aromatic N) is 5. The average Bonchev–Trinajstić information content (AvgIpc) is 2.69. The van der Waals surface area contributed by atoms with Crippen LogP contribution in [-0.4, -0.2) is 30.8 Å². The first-order valence-corrected chi connectivity index (χ1v) is 8.20. The third-order valence-corrected chi connectivity index (χ3v) is 4.38. The van der Waals surface area contributed by atoms with E-state index < -0.39 is 0 Å². The Morgan fingerprint density at radius 3 is 2.81 bits per heavy atom. The van der Waals surface area contributed by atoms with Crippen LogP contribution in [0.3, 0.4) is 0 Å². The molecule has 0 fully saturated rings. The normalized spacial score (nSPS) is 16.3. The first-order chi connectivity index (χ1) is 10.2. The first kappa shape index (κ1) is 14.5. The predicted molar refractivity (Wildman–Crippen MR) is 81.1 cm³/mol. The molecule has 2 aromatic rings. The monoisotopic (exact) mass is 304 g/mol. The highest BCUT2D eigenvalue weighted by Crippen LogP contribution is 2.25. The summed E-state index contributed by atoms with van der Waals surface area (Å²) >= 11 is 1.48. The van der Waals surface area contributed by atoms with Gasteiger partial charge in [0, 0.05) is 31.4 Å². The molecule has 1 aliphatic heterocycles. The van der Waals surface area contributed by atoms with Crippen molar-refractivity contribution in [1.29, 1.82) is 0 Å². The molecular formula is C14H20N6S. The number of nitrogens with two attached hydrogens (primary N) is 1. The summed E-state index contributed by atoms with van der Waals surface area (Å²) in [7, 11) is 0. The van der Waals surface area contributed by atoms with Crippen LogP contribution >= 0.6 is 11.8 Å². The highest BCUT2D eigenvalue weighted by Gasteiger charge is 2.16. The predicted octanol–water partition coefficient (Wildman–Crippen LogP) is 1.84. The topological polar surface area (TPSA) is 82.5 Å². The minimum Gasteiger partial charge on any atom is -0.328 e. The van der Waals surface area contributed by atoms with Crippen molar-refractivity contribution >= 4 is 11.8 Å². The molecule has 1 aliphatic rings. The second-order valence-electron chi connectivity index (χ2n) is 5.52. The Labute approximate surface area is 128 Å². The van der Waals surface area contributed by atoms with Crippen molar-refractivity contribution in [3.05, 3.63) is 23.8 Å². The number of aryl methyl sites for hydroxylation is 1. The Balaban J connectivity index is 1.73. The summed E-state index contributed by atoms with van der Waals surface area (Å²) in [4.78, 5) is 8.79. The van der Waals surface area contributed by atoms with Gasteiger partial charge in [0.15, 0.2) is 10.3 Å². The fraction of sp³-hybridized carbons (Fsp3) is 0.571. The van der Waals surface area contributed by atoms with Crippen LogP contribution in [0.4, 0.5) is 0 Å². The number of hydrogen-bond acceptors (Lipinski definition) is 6. The van der Waals surface area contributed by atoms with Crippen molar-refractivity contribution in [2.24, 2.45) is 5.73 Å². The smallest absolute Gasteiger partial charge is 0.199 e. The van der Waals surface area contributed by atoms with Gasteiger partial charge in [0.05, 0.1) is 0 Å². The van der Waals surface area contributed by atoms with Gasteiger partial charge in [-0.1, -0.05) is 6.42 Å². The van der Waals surface area contributed by atoms with E-state index in [0.717, 1.165) is 35.9 Å². The van der Waals surface area contributed by atoms with Gasteiger partial charge in [-0.25, -0.2) is 9.97 Å². The number of hydrogen-bond donors (Lipinski definition) is 1. The maximum absolute atomic E-state index is 5.78. The van der Waals surface area contributed by atoms with Gasteiger partial charge in [-0.2, -0.15) is 0 Å². The molecule has 112 valence electrons. The zero-order valence-corrected chi connectivity index (χ0v) is 13.0. The SMILES string of the molecule is CC(N)Cc1cnc(Sc2nnc3n2CCCCC3)nc1. The molecule has 0 aliphatic carbocycles. The van der Waals surface area contributed by atoms with Crippen LogP contribution in [-0.2, 0) is 19.4 Å². The van der Waals surface area contributed by atoms with E-state index >= 15 is 0 Å². The Hall–Kier alpha value is -1.47. The molecule has 6 nitrogen and oxygen atoms in total. The van der Waals surface area contributed by atoms with E-state index in [-0.39, 0.29) is 6.04 Å². The van der Waals surface area contributed by atoms with Gasteiger partial charge in [-0.05, 0) is 43.5 Å². The molecule has 0 aromatic carbocycles. The molecule has 2 aromatic heterocycles. The van der Waals surface area contributed by atoms with Gasteiger partial charge < -0.3 is 10.3 Å². The summed E-state index contributed by atoms with van der Waals surface area (Å²) in [6.45, 7) is 2.97. The summed E-state index contributed by atoms with van der Waals surface area (Å²) in [5, 5.41) is 10.2. The Kier molecular flexibility index (Phi) is 4.50. The summed E-state index contributed by atoms with van der Waals surface area (Å²) in [6, 6.07) is 0.124. The van der Waals surface area contributed by atoms with Crippen LogP contribution in [0.5, 0.6) is 0 Å². The third-order valence-electron chi connectivity index (χ3n) is 3.50. The van der Waals surface area contributed by atoms with E-state index in [1.165, 1.54) is 31.0 Å². The molecule has 7 heteroatoms. The molecule has 1 atom stereocenters. The van der Waals surface area contributed by atoms with Gasteiger partial charge >= 0.3 is 0 Å². The van der Waals surface area contributed by atoms with Crippen molar-refractivity contribution in [2.75, 3.05) is 0 Å². The summed E-state index contributed by atoms with van der Waals surface area (Å²) in [5.41, 5.74) is 6.85. The Morgan fingerprint density at radius 1 is 1.24 bits per heavy atom. The molecule has 0 amide bonds. The van der Waals surface area contributed by atoms with Gasteiger partial charge in [-0.15, -0.1) is 10.2 Å². The summed E-state index contributed by atoms with van der Waals surface area (Å²) in [5.74, 6) is 1.09. The third kappa shape index (κ3) is 3.59. The fourth-order valence-electron chi connectivity index (χ4n) is 2.49. The molecule has 0 saturated carbocycles. The van der Waals surface area contributed by atoms with Crippen molar-refractivity contribution in [2.45, 2.75) is 61.9 Å². The zero-order valence-electron chi connectivity index (χ0n) is 12.2.